The van der Waals surface area contributed by atoms with Gasteiger partial charge in [-0.3, -0.25) is 4.79 Å². The van der Waals surface area contributed by atoms with Gasteiger partial charge < -0.3 is 9.80 Å². The summed E-state index contributed by atoms with van der Waals surface area (Å²) in [5.41, 5.74) is -0.868. The van der Waals surface area contributed by atoms with Crippen LogP contribution in [0, 0.1) is 0 Å². The minimum absolute atomic E-state index is 0.0964. The Balaban J connectivity index is 2.46. The molecule has 32 heavy (non-hydrogen) atoms. The Hall–Kier alpha value is -0.650. The fraction of sp³-hybridized carbons (Fsp3) is 0.963. The van der Waals surface area contributed by atoms with Crippen LogP contribution in [0.1, 0.15) is 126 Å². The molecule has 1 heterocycles. The molecular formula is C27H55N3O2+. The molecule has 5 heteroatoms. The quantitative estimate of drug-likeness (QED) is 0.222. The van der Waals surface area contributed by atoms with Crippen LogP contribution >= 0.6 is 0 Å². The van der Waals surface area contributed by atoms with Crippen molar-refractivity contribution in [3.8, 4) is 0 Å². The molecule has 5 nitrogen and oxygen atoms in total. The van der Waals surface area contributed by atoms with Gasteiger partial charge >= 0.3 is 0 Å². The van der Waals surface area contributed by atoms with Crippen LogP contribution in [0.15, 0.2) is 0 Å². The van der Waals surface area contributed by atoms with Gasteiger partial charge in [0.2, 0.25) is 5.91 Å². The highest BCUT2D eigenvalue weighted by atomic mass is 16.5. The molecule has 0 spiro atoms. The first-order valence-electron chi connectivity index (χ1n) is 13.6. The average molecular weight is 454 g/mol. The highest BCUT2D eigenvalue weighted by Gasteiger charge is 2.46. The van der Waals surface area contributed by atoms with Crippen molar-refractivity contribution >= 4 is 5.91 Å². The van der Waals surface area contributed by atoms with Crippen LogP contribution in [0.2, 0.25) is 0 Å². The number of amides is 1. The number of rotatable bonds is 16. The van der Waals surface area contributed by atoms with Gasteiger partial charge in [0, 0.05) is 23.5 Å². The Morgan fingerprint density at radius 1 is 0.781 bits per heavy atom. The van der Waals surface area contributed by atoms with Crippen molar-refractivity contribution in [1.29, 1.82) is 0 Å². The third-order valence-electron chi connectivity index (χ3n) is 7.45. The summed E-state index contributed by atoms with van der Waals surface area (Å²) in [6.45, 7) is 20.1. The lowest BCUT2D eigenvalue weighted by atomic mass is 9.79. The van der Waals surface area contributed by atoms with Crippen LogP contribution in [0.25, 0.3) is 0 Å². The van der Waals surface area contributed by atoms with Gasteiger partial charge in [0.1, 0.15) is 0 Å². The SMILES string of the molecule is CCCC[N+](CCCC)(CCCC)CCCCCC(=O)NC1CC(C)(C)N([O])C(C)(C)C1. The van der Waals surface area contributed by atoms with Crippen molar-refractivity contribution in [3.63, 3.8) is 0 Å². The molecule has 0 unspecified atom stereocenters. The zero-order valence-electron chi connectivity index (χ0n) is 22.6. The van der Waals surface area contributed by atoms with Crippen LogP contribution in [0.5, 0.6) is 0 Å². The lowest BCUT2D eigenvalue weighted by Gasteiger charge is -2.50. The Morgan fingerprint density at radius 2 is 1.22 bits per heavy atom. The van der Waals surface area contributed by atoms with E-state index in [0.717, 1.165) is 25.7 Å². The third-order valence-corrected chi connectivity index (χ3v) is 7.45. The minimum atomic E-state index is -0.434. The summed E-state index contributed by atoms with van der Waals surface area (Å²) in [5.74, 6) is 0.157. The molecular weight excluding hydrogens is 398 g/mol. The number of carbonyl (C=O) groups excluding carboxylic acids is 1. The molecule has 0 aromatic rings. The molecule has 0 aliphatic carbocycles. The Kier molecular flexibility index (Phi) is 12.8. The smallest absolute Gasteiger partial charge is 0.220 e. The van der Waals surface area contributed by atoms with E-state index < -0.39 is 11.1 Å². The average Bonchev–Trinajstić information content (AvgIpc) is 2.72. The lowest BCUT2D eigenvalue weighted by molar-refractivity contribution is -0.929. The van der Waals surface area contributed by atoms with E-state index in [4.69, 9.17) is 0 Å². The number of unbranched alkanes of at least 4 members (excludes halogenated alkanes) is 5. The third kappa shape index (κ3) is 9.69. The van der Waals surface area contributed by atoms with Crippen molar-refractivity contribution in [2.45, 2.75) is 143 Å². The number of nitrogens with one attached hydrogen (secondary N) is 1. The summed E-state index contributed by atoms with van der Waals surface area (Å²) in [6.07, 6.45) is 13.2. The molecule has 1 aliphatic heterocycles. The second-order valence-corrected chi connectivity index (χ2v) is 11.7. The number of carbonyl (C=O) groups is 1. The van der Waals surface area contributed by atoms with Gasteiger partial charge in [-0.15, -0.1) is 10.3 Å². The Morgan fingerprint density at radius 3 is 1.66 bits per heavy atom. The maximum Gasteiger partial charge on any atom is 0.220 e. The molecule has 189 valence electrons. The van der Waals surface area contributed by atoms with Gasteiger partial charge in [0.15, 0.2) is 0 Å². The van der Waals surface area contributed by atoms with E-state index in [9.17, 15) is 10.0 Å². The number of hydroxylamine groups is 2. The van der Waals surface area contributed by atoms with E-state index in [2.05, 4.69) is 26.1 Å². The number of piperidine rings is 1. The largest absolute Gasteiger partial charge is 0.353 e. The summed E-state index contributed by atoms with van der Waals surface area (Å²) in [4.78, 5) is 12.6. The van der Waals surface area contributed by atoms with E-state index in [1.54, 1.807) is 0 Å². The molecule has 1 radical (unpaired) electrons. The number of nitrogens with zero attached hydrogens (tertiary/aromatic N) is 2. The van der Waals surface area contributed by atoms with Crippen LogP contribution in [0.4, 0.5) is 0 Å². The van der Waals surface area contributed by atoms with Gasteiger partial charge in [0.05, 0.1) is 26.2 Å². The Bertz CT molecular complexity index is 493. The number of quaternary nitrogens is 1. The first-order valence-corrected chi connectivity index (χ1v) is 13.6. The van der Waals surface area contributed by atoms with Gasteiger partial charge in [-0.25, -0.2) is 0 Å². The normalized spacial score (nSPS) is 19.2. The van der Waals surface area contributed by atoms with Crippen LogP contribution in [0.3, 0.4) is 0 Å². The predicted molar refractivity (Wildman–Crippen MR) is 135 cm³/mol. The lowest BCUT2D eigenvalue weighted by Crippen LogP contribution is -2.62. The summed E-state index contributed by atoms with van der Waals surface area (Å²) < 4.78 is 1.29. The topological polar surface area (TPSA) is 52.2 Å². The molecule has 0 bridgehead atoms. The second kappa shape index (κ2) is 13.9. The molecule has 1 N–H and O–H groups in total. The molecule has 1 rings (SSSR count). The van der Waals surface area contributed by atoms with E-state index in [-0.39, 0.29) is 11.9 Å². The number of hydrogen-bond donors (Lipinski definition) is 1. The van der Waals surface area contributed by atoms with Crippen LogP contribution in [-0.4, -0.2) is 58.8 Å². The maximum absolute atomic E-state index is 12.6. The van der Waals surface area contributed by atoms with E-state index in [1.165, 1.54) is 80.7 Å². The summed E-state index contributed by atoms with van der Waals surface area (Å²) >= 11 is 0. The van der Waals surface area contributed by atoms with Gasteiger partial charge in [-0.2, -0.15) is 0 Å². The van der Waals surface area contributed by atoms with Gasteiger partial charge in [-0.1, -0.05) is 40.0 Å². The molecule has 1 fully saturated rings. The fourth-order valence-corrected chi connectivity index (χ4v) is 5.73. The van der Waals surface area contributed by atoms with Crippen molar-refractivity contribution < 1.29 is 14.5 Å². The zero-order valence-corrected chi connectivity index (χ0v) is 22.6. The second-order valence-electron chi connectivity index (χ2n) is 11.7. The monoisotopic (exact) mass is 453 g/mol. The van der Waals surface area contributed by atoms with E-state index in [1.807, 2.05) is 27.7 Å². The van der Waals surface area contributed by atoms with Crippen molar-refractivity contribution in [2.24, 2.45) is 0 Å². The predicted octanol–water partition coefficient (Wildman–Crippen LogP) is 6.25. The molecule has 1 aliphatic rings. The van der Waals surface area contributed by atoms with E-state index >= 15 is 0 Å². The first kappa shape index (κ1) is 29.4. The highest BCUT2D eigenvalue weighted by Crippen LogP contribution is 2.37. The van der Waals surface area contributed by atoms with Crippen molar-refractivity contribution in [1.82, 2.24) is 10.4 Å². The van der Waals surface area contributed by atoms with Gasteiger partial charge in [-0.05, 0) is 79.1 Å². The van der Waals surface area contributed by atoms with Gasteiger partial charge in [0.25, 0.3) is 0 Å². The molecule has 0 saturated carbocycles. The Labute approximate surface area is 199 Å². The van der Waals surface area contributed by atoms with Crippen molar-refractivity contribution in [3.05, 3.63) is 0 Å². The molecule has 1 saturated heterocycles. The van der Waals surface area contributed by atoms with Crippen molar-refractivity contribution in [2.75, 3.05) is 26.2 Å². The molecule has 0 atom stereocenters. The first-order chi connectivity index (χ1) is 15.0. The van der Waals surface area contributed by atoms with E-state index in [0.29, 0.717) is 6.42 Å². The fourth-order valence-electron chi connectivity index (χ4n) is 5.73. The van der Waals surface area contributed by atoms with Crippen LogP contribution < -0.4 is 5.32 Å². The summed E-state index contributed by atoms with van der Waals surface area (Å²) in [7, 11) is 0. The number of hydrogen-bond acceptors (Lipinski definition) is 2. The molecule has 0 aromatic heterocycles. The summed E-state index contributed by atoms with van der Waals surface area (Å²) in [6, 6.07) is 0.0964. The molecule has 0 aromatic carbocycles. The van der Waals surface area contributed by atoms with Crippen LogP contribution in [-0.2, 0) is 10.0 Å². The summed E-state index contributed by atoms with van der Waals surface area (Å²) in [5, 5.41) is 17.0. The minimum Gasteiger partial charge on any atom is -0.353 e. The maximum atomic E-state index is 12.6. The standard InChI is InChI=1S/C27H54N3O2/c1-8-11-18-30(19-12-9-2,20-13-10-3)21-16-14-15-17-25(31)28-24-22-26(4,5)29(32)27(6,7)23-24/h24H,8-23H2,1-7H3/p+1. The molecule has 1 amide bonds. The highest BCUT2D eigenvalue weighted by molar-refractivity contribution is 5.76. The zero-order chi connectivity index (χ0) is 24.3.